The van der Waals surface area contributed by atoms with Gasteiger partial charge in [-0.15, -0.1) is 0 Å². The van der Waals surface area contributed by atoms with E-state index in [1.165, 1.54) is 12.3 Å². The molecule has 0 spiro atoms. The second-order valence-corrected chi connectivity index (χ2v) is 8.59. The van der Waals surface area contributed by atoms with Crippen LogP contribution in [0.2, 0.25) is 5.02 Å². The van der Waals surface area contributed by atoms with E-state index in [-0.39, 0.29) is 16.9 Å². The summed E-state index contributed by atoms with van der Waals surface area (Å²) < 4.78 is 22.0. The second kappa shape index (κ2) is 7.28. The molecule has 2 aliphatic rings. The lowest BCUT2D eigenvalue weighted by Gasteiger charge is -2.34. The molecule has 160 valence electrons. The number of halogens is 2. The zero-order valence-corrected chi connectivity index (χ0v) is 17.5. The van der Waals surface area contributed by atoms with E-state index < -0.39 is 16.3 Å². The molecule has 0 saturated carbocycles. The number of rotatable bonds is 4. The van der Waals surface area contributed by atoms with Gasteiger partial charge in [0.05, 0.1) is 17.3 Å². The van der Waals surface area contributed by atoms with Crippen LogP contribution in [0.3, 0.4) is 0 Å². The number of benzene rings is 1. The first-order valence-corrected chi connectivity index (χ1v) is 10.3. The van der Waals surface area contributed by atoms with Gasteiger partial charge in [-0.1, -0.05) is 23.7 Å². The van der Waals surface area contributed by atoms with E-state index in [0.717, 1.165) is 24.2 Å². The maximum atomic E-state index is 14.4. The third-order valence-electron chi connectivity index (χ3n) is 5.67. The highest BCUT2D eigenvalue weighted by Gasteiger charge is 2.41. The fourth-order valence-corrected chi connectivity index (χ4v) is 4.47. The molecule has 0 aliphatic carbocycles. The molecular formula is C21H19ClFN5O3. The summed E-state index contributed by atoms with van der Waals surface area (Å²) >= 11 is 5.91. The number of nitrogens with zero attached hydrogens (tertiary/aromatic N) is 5. The molecule has 0 bridgehead atoms. The van der Waals surface area contributed by atoms with Crippen molar-refractivity contribution in [3.05, 3.63) is 68.7 Å². The highest BCUT2D eigenvalue weighted by Crippen LogP contribution is 2.33. The lowest BCUT2D eigenvalue weighted by molar-refractivity contribution is -0.389. The first kappa shape index (κ1) is 19.9. The predicted octanol–water partition coefficient (Wildman–Crippen LogP) is 3.86. The van der Waals surface area contributed by atoms with E-state index >= 15 is 0 Å². The Bertz CT molecular complexity index is 1170. The number of nitro groups is 1. The highest BCUT2D eigenvalue weighted by atomic mass is 35.5. The number of ether oxygens (including phenoxy) is 1. The molecule has 5 rings (SSSR count). The Kier molecular flexibility index (Phi) is 4.67. The normalized spacial score (nSPS) is 20.2. The first-order chi connectivity index (χ1) is 14.8. The summed E-state index contributed by atoms with van der Waals surface area (Å²) in [4.78, 5) is 21.3. The van der Waals surface area contributed by atoms with E-state index in [9.17, 15) is 14.5 Å². The van der Waals surface area contributed by atoms with Crippen molar-refractivity contribution in [2.75, 3.05) is 13.1 Å². The highest BCUT2D eigenvalue weighted by molar-refractivity contribution is 6.31. The monoisotopic (exact) mass is 443 g/mol. The molecule has 0 fully saturated rings. The van der Waals surface area contributed by atoms with E-state index in [4.69, 9.17) is 16.3 Å². The van der Waals surface area contributed by atoms with Gasteiger partial charge in [0.25, 0.3) is 0 Å². The third kappa shape index (κ3) is 3.64. The summed E-state index contributed by atoms with van der Waals surface area (Å²) in [5.41, 5.74) is 2.49. The minimum atomic E-state index is -0.524. The summed E-state index contributed by atoms with van der Waals surface area (Å²) in [6.45, 7) is 4.60. The van der Waals surface area contributed by atoms with Gasteiger partial charge in [0.1, 0.15) is 11.8 Å². The molecule has 0 amide bonds. The third-order valence-corrected chi connectivity index (χ3v) is 5.96. The van der Waals surface area contributed by atoms with Crippen molar-refractivity contribution in [3.63, 3.8) is 0 Å². The van der Waals surface area contributed by atoms with E-state index in [1.54, 1.807) is 16.7 Å². The molecule has 0 radical (unpaired) electrons. The Balaban J connectivity index is 1.30. The Morgan fingerprint density at radius 1 is 1.32 bits per heavy atom. The van der Waals surface area contributed by atoms with Gasteiger partial charge in [-0.2, -0.15) is 0 Å². The molecule has 31 heavy (non-hydrogen) atoms. The molecule has 2 aromatic heterocycles. The SMILES string of the molecule is CC1(CN2CCc3nc(-c4cccc(Cl)c4F)ccc3C2)Cn2cc([N+](=O)[O-])nc2O1. The average Bonchev–Trinajstić information content (AvgIpc) is 3.25. The number of imidazole rings is 1. The quantitative estimate of drug-likeness (QED) is 0.449. The van der Waals surface area contributed by atoms with Gasteiger partial charge in [-0.05, 0) is 35.6 Å². The smallest absolute Gasteiger partial charge is 0.415 e. The fourth-order valence-electron chi connectivity index (χ4n) is 4.30. The van der Waals surface area contributed by atoms with Crippen LogP contribution < -0.4 is 4.74 Å². The minimum absolute atomic E-state index is 0.0818. The van der Waals surface area contributed by atoms with Gasteiger partial charge in [-0.3, -0.25) is 14.5 Å². The molecule has 0 N–H and O–H groups in total. The van der Waals surface area contributed by atoms with Crippen molar-refractivity contribution in [3.8, 4) is 17.3 Å². The molecule has 2 aliphatic heterocycles. The van der Waals surface area contributed by atoms with Crippen LogP contribution in [-0.2, 0) is 19.5 Å². The van der Waals surface area contributed by atoms with Gasteiger partial charge in [0.15, 0.2) is 5.82 Å². The number of pyridine rings is 1. The lowest BCUT2D eigenvalue weighted by Crippen LogP contribution is -2.46. The Morgan fingerprint density at radius 2 is 2.16 bits per heavy atom. The molecule has 1 atom stereocenters. The predicted molar refractivity (Wildman–Crippen MR) is 112 cm³/mol. The van der Waals surface area contributed by atoms with Gasteiger partial charge < -0.3 is 14.9 Å². The van der Waals surface area contributed by atoms with Crippen molar-refractivity contribution < 1.29 is 14.1 Å². The molecule has 1 unspecified atom stereocenters. The Labute approximate surface area is 182 Å². The summed E-state index contributed by atoms with van der Waals surface area (Å²) in [6, 6.07) is 8.99. The van der Waals surface area contributed by atoms with Crippen LogP contribution in [0.1, 0.15) is 18.2 Å². The van der Waals surface area contributed by atoms with Crippen LogP contribution >= 0.6 is 11.6 Å². The second-order valence-electron chi connectivity index (χ2n) is 8.18. The first-order valence-electron chi connectivity index (χ1n) is 9.87. The van der Waals surface area contributed by atoms with Crippen molar-refractivity contribution in [1.82, 2.24) is 19.4 Å². The van der Waals surface area contributed by atoms with Crippen molar-refractivity contribution in [2.24, 2.45) is 0 Å². The van der Waals surface area contributed by atoms with Gasteiger partial charge in [0, 0.05) is 42.3 Å². The number of hydrogen-bond donors (Lipinski definition) is 0. The van der Waals surface area contributed by atoms with E-state index in [1.807, 2.05) is 19.1 Å². The Hall–Kier alpha value is -3.04. The zero-order chi connectivity index (χ0) is 21.8. The molecule has 1 aromatic carbocycles. The number of fused-ring (bicyclic) bond motifs is 2. The van der Waals surface area contributed by atoms with Crippen LogP contribution in [0, 0.1) is 15.9 Å². The average molecular weight is 444 g/mol. The molecule has 4 heterocycles. The van der Waals surface area contributed by atoms with Gasteiger partial charge in [-0.25, -0.2) is 4.39 Å². The number of aromatic nitrogens is 3. The molecular weight excluding hydrogens is 425 g/mol. The fraction of sp³-hybridized carbons (Fsp3) is 0.333. The van der Waals surface area contributed by atoms with E-state index in [0.29, 0.717) is 30.9 Å². The Morgan fingerprint density at radius 3 is 2.94 bits per heavy atom. The molecule has 3 aromatic rings. The van der Waals surface area contributed by atoms with E-state index in [2.05, 4.69) is 14.9 Å². The van der Waals surface area contributed by atoms with Crippen molar-refractivity contribution >= 4 is 17.4 Å². The summed E-state index contributed by atoms with van der Waals surface area (Å²) in [5.74, 6) is -0.667. The summed E-state index contributed by atoms with van der Waals surface area (Å²) in [5, 5.41) is 11.0. The summed E-state index contributed by atoms with van der Waals surface area (Å²) in [6.07, 6.45) is 2.14. The van der Waals surface area contributed by atoms with Crippen LogP contribution in [0.5, 0.6) is 6.01 Å². The van der Waals surface area contributed by atoms with Crippen LogP contribution in [0.4, 0.5) is 10.2 Å². The number of hydrogen-bond acceptors (Lipinski definition) is 6. The minimum Gasteiger partial charge on any atom is -0.436 e. The topological polar surface area (TPSA) is 86.3 Å². The van der Waals surface area contributed by atoms with Crippen molar-refractivity contribution in [2.45, 2.75) is 32.0 Å². The van der Waals surface area contributed by atoms with Crippen LogP contribution in [0.25, 0.3) is 11.3 Å². The standard InChI is InChI=1S/C21H19ClFN5O3/c1-21(12-27-10-18(28(29)30)25-20(27)31-21)11-26-8-7-16-13(9-26)5-6-17(24-16)14-3-2-4-15(22)19(14)23/h2-6,10H,7-9,11-12H2,1H3. The molecule has 0 saturated heterocycles. The maximum Gasteiger partial charge on any atom is 0.415 e. The van der Waals surface area contributed by atoms with Crippen molar-refractivity contribution in [1.29, 1.82) is 0 Å². The van der Waals surface area contributed by atoms with Crippen LogP contribution in [0.15, 0.2) is 36.5 Å². The largest absolute Gasteiger partial charge is 0.436 e. The van der Waals surface area contributed by atoms with Gasteiger partial charge in [0.2, 0.25) is 0 Å². The van der Waals surface area contributed by atoms with Gasteiger partial charge >= 0.3 is 11.8 Å². The maximum absolute atomic E-state index is 14.4. The summed E-state index contributed by atoms with van der Waals surface area (Å²) in [7, 11) is 0. The van der Waals surface area contributed by atoms with Crippen LogP contribution in [-0.4, -0.2) is 43.0 Å². The lowest BCUT2D eigenvalue weighted by atomic mass is 10.00. The zero-order valence-electron chi connectivity index (χ0n) is 16.7. The molecule has 8 nitrogen and oxygen atoms in total. The molecule has 10 heteroatoms.